The minimum Gasteiger partial charge on any atom is -0.497 e. The second-order valence-electron chi connectivity index (χ2n) is 4.86. The number of amides is 1. The lowest BCUT2D eigenvalue weighted by atomic mass is 10.3. The van der Waals surface area contributed by atoms with Crippen LogP contribution in [0.5, 0.6) is 11.5 Å². The number of pyridine rings is 1. The number of rotatable bonds is 8. The van der Waals surface area contributed by atoms with Gasteiger partial charge >= 0.3 is 0 Å². The predicted molar refractivity (Wildman–Crippen MR) is 86.8 cm³/mol. The summed E-state index contributed by atoms with van der Waals surface area (Å²) in [6, 6.07) is 12.2. The van der Waals surface area contributed by atoms with Gasteiger partial charge in [0, 0.05) is 25.2 Å². The van der Waals surface area contributed by atoms with Crippen molar-refractivity contribution in [2.45, 2.75) is 13.0 Å². The number of methoxy groups -OCH3 is 1. The number of carbonyl (C=O) groups is 1. The van der Waals surface area contributed by atoms with Gasteiger partial charge in [-0.25, -0.2) is 0 Å². The van der Waals surface area contributed by atoms with Crippen LogP contribution in [0.15, 0.2) is 53.5 Å². The van der Waals surface area contributed by atoms with E-state index in [1.165, 1.54) is 10.6 Å². The average Bonchev–Trinajstić information content (AvgIpc) is 2.58. The number of hydrogen-bond donors (Lipinski definition) is 1. The van der Waals surface area contributed by atoms with Gasteiger partial charge in [-0.1, -0.05) is 6.07 Å². The molecule has 6 heteroatoms. The van der Waals surface area contributed by atoms with Gasteiger partial charge in [-0.3, -0.25) is 9.59 Å². The average molecular weight is 316 g/mol. The third-order valence-corrected chi connectivity index (χ3v) is 3.23. The number of hydrogen-bond acceptors (Lipinski definition) is 4. The molecule has 122 valence electrons. The Labute approximate surface area is 134 Å². The molecule has 1 aromatic carbocycles. The summed E-state index contributed by atoms with van der Waals surface area (Å²) in [6.45, 7) is 1.16. The third kappa shape index (κ3) is 5.50. The van der Waals surface area contributed by atoms with Gasteiger partial charge < -0.3 is 19.4 Å². The smallest absolute Gasteiger partial charge is 0.250 e. The first-order valence-electron chi connectivity index (χ1n) is 7.38. The topological polar surface area (TPSA) is 69.6 Å². The Morgan fingerprint density at radius 2 is 1.87 bits per heavy atom. The molecule has 0 atom stereocenters. The normalized spacial score (nSPS) is 10.1. The van der Waals surface area contributed by atoms with Crippen LogP contribution in [0.2, 0.25) is 0 Å². The molecule has 1 heterocycles. The second kappa shape index (κ2) is 8.63. The third-order valence-electron chi connectivity index (χ3n) is 3.23. The van der Waals surface area contributed by atoms with Crippen molar-refractivity contribution >= 4 is 5.91 Å². The van der Waals surface area contributed by atoms with Gasteiger partial charge in [0.2, 0.25) is 5.91 Å². The van der Waals surface area contributed by atoms with Crippen molar-refractivity contribution in [1.29, 1.82) is 0 Å². The number of carbonyl (C=O) groups excluding carboxylic acids is 1. The van der Waals surface area contributed by atoms with E-state index in [1.807, 2.05) is 24.3 Å². The SMILES string of the molecule is COc1ccc(OCCNC(=O)CCn2ccccc2=O)cc1. The predicted octanol–water partition coefficient (Wildman–Crippen LogP) is 1.44. The van der Waals surface area contributed by atoms with Gasteiger partial charge in [0.05, 0.1) is 13.7 Å². The van der Waals surface area contributed by atoms with Crippen LogP contribution in [0, 0.1) is 0 Å². The maximum atomic E-state index is 11.7. The fourth-order valence-corrected chi connectivity index (χ4v) is 1.99. The van der Waals surface area contributed by atoms with E-state index in [1.54, 1.807) is 25.4 Å². The van der Waals surface area contributed by atoms with E-state index in [-0.39, 0.29) is 17.9 Å². The summed E-state index contributed by atoms with van der Waals surface area (Å²) in [7, 11) is 1.61. The first-order valence-corrected chi connectivity index (χ1v) is 7.38. The van der Waals surface area contributed by atoms with Crippen molar-refractivity contribution < 1.29 is 14.3 Å². The summed E-state index contributed by atoms with van der Waals surface area (Å²) in [5.41, 5.74) is -0.108. The molecule has 0 aliphatic heterocycles. The van der Waals surface area contributed by atoms with E-state index in [2.05, 4.69) is 5.32 Å². The Balaban J connectivity index is 1.64. The molecule has 0 bridgehead atoms. The highest BCUT2D eigenvalue weighted by Crippen LogP contribution is 2.16. The summed E-state index contributed by atoms with van der Waals surface area (Å²) in [6.07, 6.45) is 1.93. The zero-order valence-corrected chi connectivity index (χ0v) is 13.0. The van der Waals surface area contributed by atoms with Crippen molar-refractivity contribution in [2.75, 3.05) is 20.3 Å². The molecular weight excluding hydrogens is 296 g/mol. The zero-order chi connectivity index (χ0) is 16.5. The maximum absolute atomic E-state index is 11.7. The van der Waals surface area contributed by atoms with Gasteiger partial charge in [0.25, 0.3) is 5.56 Å². The molecule has 0 aliphatic rings. The molecular formula is C17H20N2O4. The number of benzene rings is 1. The van der Waals surface area contributed by atoms with Crippen molar-refractivity contribution in [3.63, 3.8) is 0 Å². The quantitative estimate of drug-likeness (QED) is 0.748. The summed E-state index contributed by atoms with van der Waals surface area (Å²) in [5, 5.41) is 2.76. The second-order valence-corrected chi connectivity index (χ2v) is 4.86. The molecule has 0 radical (unpaired) electrons. The number of nitrogens with zero attached hydrogens (tertiary/aromatic N) is 1. The molecule has 2 rings (SSSR count). The largest absolute Gasteiger partial charge is 0.497 e. The first-order chi connectivity index (χ1) is 11.2. The fraction of sp³-hybridized carbons (Fsp3) is 0.294. The highest BCUT2D eigenvalue weighted by molar-refractivity contribution is 5.75. The van der Waals surface area contributed by atoms with Crippen molar-refractivity contribution in [2.24, 2.45) is 0 Å². The summed E-state index contributed by atoms with van der Waals surface area (Å²) >= 11 is 0. The van der Waals surface area contributed by atoms with Crippen LogP contribution < -0.4 is 20.3 Å². The van der Waals surface area contributed by atoms with Crippen LogP contribution in [-0.2, 0) is 11.3 Å². The first kappa shape index (κ1) is 16.6. The molecule has 0 fully saturated rings. The number of nitrogens with one attached hydrogen (secondary N) is 1. The van der Waals surface area contributed by atoms with Crippen LogP contribution >= 0.6 is 0 Å². The van der Waals surface area contributed by atoms with E-state index >= 15 is 0 Å². The highest BCUT2D eigenvalue weighted by Gasteiger charge is 2.02. The summed E-state index contributed by atoms with van der Waals surface area (Å²) in [4.78, 5) is 23.2. The van der Waals surface area contributed by atoms with Crippen LogP contribution in [-0.4, -0.2) is 30.7 Å². The summed E-state index contributed by atoms with van der Waals surface area (Å²) in [5.74, 6) is 1.37. The molecule has 0 aliphatic carbocycles. The lowest BCUT2D eigenvalue weighted by Crippen LogP contribution is -2.30. The van der Waals surface area contributed by atoms with E-state index in [0.29, 0.717) is 19.7 Å². The fourth-order valence-electron chi connectivity index (χ4n) is 1.99. The lowest BCUT2D eigenvalue weighted by Gasteiger charge is -2.09. The molecule has 6 nitrogen and oxygen atoms in total. The number of aryl methyl sites for hydroxylation is 1. The Morgan fingerprint density at radius 3 is 2.57 bits per heavy atom. The molecule has 0 saturated heterocycles. The van der Waals surface area contributed by atoms with Gasteiger partial charge in [-0.05, 0) is 30.3 Å². The Kier molecular flexibility index (Phi) is 6.23. The molecule has 1 N–H and O–H groups in total. The molecule has 2 aromatic rings. The van der Waals surface area contributed by atoms with Crippen LogP contribution in [0.25, 0.3) is 0 Å². The van der Waals surface area contributed by atoms with Crippen molar-refractivity contribution in [3.8, 4) is 11.5 Å². The molecule has 1 amide bonds. The summed E-state index contributed by atoms with van der Waals surface area (Å²) < 4.78 is 12.1. The lowest BCUT2D eigenvalue weighted by molar-refractivity contribution is -0.121. The monoisotopic (exact) mass is 316 g/mol. The minimum absolute atomic E-state index is 0.108. The standard InChI is InChI=1S/C17H20N2O4/c1-22-14-5-7-15(8-6-14)23-13-10-18-16(20)9-12-19-11-3-2-4-17(19)21/h2-8,11H,9-10,12-13H2,1H3,(H,18,20). The van der Waals surface area contributed by atoms with Gasteiger partial charge in [-0.15, -0.1) is 0 Å². The van der Waals surface area contributed by atoms with Crippen LogP contribution in [0.1, 0.15) is 6.42 Å². The van der Waals surface area contributed by atoms with E-state index in [0.717, 1.165) is 11.5 Å². The number of aromatic nitrogens is 1. The maximum Gasteiger partial charge on any atom is 0.250 e. The van der Waals surface area contributed by atoms with Gasteiger partial charge in [0.1, 0.15) is 18.1 Å². The van der Waals surface area contributed by atoms with E-state index in [4.69, 9.17) is 9.47 Å². The van der Waals surface area contributed by atoms with Crippen molar-refractivity contribution in [3.05, 3.63) is 59.0 Å². The molecule has 0 saturated carbocycles. The molecule has 0 unspecified atom stereocenters. The van der Waals surface area contributed by atoms with E-state index in [9.17, 15) is 9.59 Å². The molecule has 23 heavy (non-hydrogen) atoms. The zero-order valence-electron chi connectivity index (χ0n) is 13.0. The van der Waals surface area contributed by atoms with Crippen molar-refractivity contribution in [1.82, 2.24) is 9.88 Å². The molecule has 0 spiro atoms. The Bertz CT molecular complexity index is 679. The van der Waals surface area contributed by atoms with Gasteiger partial charge in [0.15, 0.2) is 0 Å². The molecule has 1 aromatic heterocycles. The Morgan fingerprint density at radius 1 is 1.13 bits per heavy atom. The van der Waals surface area contributed by atoms with Crippen LogP contribution in [0.3, 0.4) is 0 Å². The number of ether oxygens (including phenoxy) is 2. The van der Waals surface area contributed by atoms with E-state index < -0.39 is 0 Å². The van der Waals surface area contributed by atoms with Gasteiger partial charge in [-0.2, -0.15) is 0 Å². The minimum atomic E-state index is -0.112. The highest BCUT2D eigenvalue weighted by atomic mass is 16.5. The Hall–Kier alpha value is -2.76. The van der Waals surface area contributed by atoms with Crippen LogP contribution in [0.4, 0.5) is 0 Å².